The van der Waals surface area contributed by atoms with Crippen LogP contribution in [-0.4, -0.2) is 76.2 Å². The van der Waals surface area contributed by atoms with Crippen LogP contribution in [-0.2, 0) is 40.1 Å². The number of rotatable bonds is 17. The van der Waals surface area contributed by atoms with Gasteiger partial charge in [0, 0.05) is 13.1 Å². The molecule has 0 heterocycles. The summed E-state index contributed by atoms with van der Waals surface area (Å²) in [5.41, 5.74) is -25.3. The maximum atomic E-state index is 12.7. The number of hydrogen-bond acceptors (Lipinski definition) is 8. The lowest BCUT2D eigenvalue weighted by atomic mass is 10.1. The SMILES string of the molecule is O=S(=O)(N(CCCCCCCCCCCCN(S(=O)(=O)C(F)(F)F)S(=O)(=O)C(F)(F)F)S(=O)(=O)C(F)(F)F)C(F)(F)F. The average Bonchev–Trinajstić information content (AvgIpc) is 2.75. The molecule has 0 saturated heterocycles. The van der Waals surface area contributed by atoms with Crippen LogP contribution in [0.5, 0.6) is 0 Å². The summed E-state index contributed by atoms with van der Waals surface area (Å²) >= 11 is 0. The van der Waals surface area contributed by atoms with Crippen molar-refractivity contribution in [3.8, 4) is 0 Å². The monoisotopic (exact) mass is 728 g/mol. The second kappa shape index (κ2) is 14.3. The Morgan fingerprint density at radius 1 is 0.310 bits per heavy atom. The molecule has 0 aliphatic carbocycles. The smallest absolute Gasteiger partial charge is 0.202 e. The van der Waals surface area contributed by atoms with Crippen LogP contribution in [0.4, 0.5) is 52.7 Å². The molecule has 42 heavy (non-hydrogen) atoms. The van der Waals surface area contributed by atoms with Gasteiger partial charge in [0.15, 0.2) is 0 Å². The highest BCUT2D eigenvalue weighted by Gasteiger charge is 2.62. The maximum Gasteiger partial charge on any atom is 0.512 e. The van der Waals surface area contributed by atoms with Crippen LogP contribution < -0.4 is 0 Å². The zero-order valence-corrected chi connectivity index (χ0v) is 24.1. The third-order valence-corrected chi connectivity index (χ3v) is 12.7. The molecule has 0 N–H and O–H groups in total. The molecule has 0 aliphatic heterocycles. The van der Waals surface area contributed by atoms with Crippen molar-refractivity contribution in [2.75, 3.05) is 13.1 Å². The van der Waals surface area contributed by atoms with E-state index in [1.807, 2.05) is 0 Å². The van der Waals surface area contributed by atoms with E-state index < -0.39 is 95.5 Å². The van der Waals surface area contributed by atoms with Gasteiger partial charge in [-0.3, -0.25) is 0 Å². The van der Waals surface area contributed by atoms with Crippen molar-refractivity contribution in [3.63, 3.8) is 0 Å². The molecule has 26 heteroatoms. The van der Waals surface area contributed by atoms with Gasteiger partial charge in [-0.05, 0) is 12.8 Å². The van der Waals surface area contributed by atoms with Gasteiger partial charge in [0.1, 0.15) is 0 Å². The fourth-order valence-corrected chi connectivity index (χ4v) is 8.58. The summed E-state index contributed by atoms with van der Waals surface area (Å²) in [5, 5.41) is 0. The van der Waals surface area contributed by atoms with Crippen molar-refractivity contribution < 1.29 is 86.4 Å². The standard InChI is InChI=1S/C16H24F12N2O8S4/c17-13(18,19)39(31,32)29(40(33,34)14(20,21)22)11-9-7-5-3-1-2-4-6-8-10-12-30(41(35,36)15(23,24)25)42(37,38)16(26,27)28/h1-12H2. The molecule has 10 nitrogen and oxygen atoms in total. The Balaban J connectivity index is 4.73. The third-order valence-electron chi connectivity index (χ3n) is 5.17. The molecule has 0 amide bonds. The predicted molar refractivity (Wildman–Crippen MR) is 119 cm³/mol. The molecule has 0 atom stereocenters. The van der Waals surface area contributed by atoms with Crippen LogP contribution in [0.3, 0.4) is 0 Å². The molecule has 0 bridgehead atoms. The molecule has 0 saturated carbocycles. The number of hydrogen-bond donors (Lipinski definition) is 0. The first kappa shape index (κ1) is 40.9. The summed E-state index contributed by atoms with van der Waals surface area (Å²) in [6.45, 7) is -3.29. The van der Waals surface area contributed by atoms with Gasteiger partial charge in [-0.15, -0.1) is 0 Å². The fourth-order valence-electron chi connectivity index (χ4n) is 3.10. The fraction of sp³-hybridized carbons (Fsp3) is 1.00. The van der Waals surface area contributed by atoms with Gasteiger partial charge in [0.05, 0.1) is 0 Å². The number of unbranched alkanes of at least 4 members (excludes halogenated alkanes) is 9. The van der Waals surface area contributed by atoms with Gasteiger partial charge in [-0.1, -0.05) is 58.8 Å². The second-order valence-electron chi connectivity index (χ2n) is 8.33. The Morgan fingerprint density at radius 2 is 0.452 bits per heavy atom. The van der Waals surface area contributed by atoms with Gasteiger partial charge < -0.3 is 0 Å². The normalized spacial score (nSPS) is 15.1. The van der Waals surface area contributed by atoms with Gasteiger partial charge in [-0.2, -0.15) is 52.7 Å². The third kappa shape index (κ3) is 10.2. The van der Waals surface area contributed by atoms with E-state index in [-0.39, 0.29) is 38.5 Å². The highest BCUT2D eigenvalue weighted by Crippen LogP contribution is 2.36. The largest absolute Gasteiger partial charge is 0.512 e. The van der Waals surface area contributed by atoms with Crippen molar-refractivity contribution >= 4 is 40.1 Å². The number of halogens is 12. The molecule has 0 aliphatic rings. The van der Waals surface area contributed by atoms with E-state index in [1.165, 1.54) is 0 Å². The summed E-state index contributed by atoms with van der Waals surface area (Å²) in [5.74, 6) is 0. The quantitative estimate of drug-likeness (QED) is 0.152. The van der Waals surface area contributed by atoms with Crippen molar-refractivity contribution in [3.05, 3.63) is 0 Å². The van der Waals surface area contributed by atoms with Crippen LogP contribution >= 0.6 is 0 Å². The molecule has 0 fully saturated rings. The summed E-state index contributed by atoms with van der Waals surface area (Å²) < 4.78 is 239. The van der Waals surface area contributed by atoms with E-state index in [4.69, 9.17) is 0 Å². The first-order chi connectivity index (χ1) is 18.5. The lowest BCUT2D eigenvalue weighted by molar-refractivity contribution is -0.0541. The van der Waals surface area contributed by atoms with E-state index in [0.29, 0.717) is 12.8 Å². The maximum absolute atomic E-state index is 12.7. The summed E-state index contributed by atoms with van der Waals surface area (Å²) in [6, 6.07) is 0. The van der Waals surface area contributed by atoms with E-state index in [2.05, 4.69) is 0 Å². The van der Waals surface area contributed by atoms with Crippen LogP contribution in [0, 0.1) is 0 Å². The minimum atomic E-state index is -6.88. The Labute approximate surface area is 233 Å². The molecule has 0 radical (unpaired) electrons. The molecular weight excluding hydrogens is 704 g/mol. The molecule has 0 spiro atoms. The molecule has 0 aromatic heterocycles. The highest BCUT2D eigenvalue weighted by atomic mass is 32.3. The lowest BCUT2D eigenvalue weighted by Crippen LogP contribution is -2.49. The Bertz CT molecular complexity index is 1110. The van der Waals surface area contributed by atoms with E-state index in [1.54, 1.807) is 0 Å². The molecular formula is C16H24F12N2O8S4. The molecule has 0 unspecified atom stereocenters. The van der Waals surface area contributed by atoms with Gasteiger partial charge in [0.2, 0.25) is 0 Å². The number of nitrogens with zero attached hydrogens (tertiary/aromatic N) is 2. The van der Waals surface area contributed by atoms with Gasteiger partial charge in [-0.25, -0.2) is 33.7 Å². The summed E-state index contributed by atoms with van der Waals surface area (Å²) in [6.07, 6.45) is -0.491. The Morgan fingerprint density at radius 3 is 0.595 bits per heavy atom. The van der Waals surface area contributed by atoms with Crippen LogP contribution in [0.25, 0.3) is 0 Å². The summed E-state index contributed by atoms with van der Waals surface area (Å²) in [4.78, 5) is 0. The minimum absolute atomic E-state index is 0.0888. The number of alkyl halides is 12. The highest BCUT2D eigenvalue weighted by molar-refractivity contribution is 8.05. The zero-order valence-electron chi connectivity index (χ0n) is 20.8. The molecule has 0 aromatic carbocycles. The van der Waals surface area contributed by atoms with Crippen molar-refractivity contribution in [1.29, 1.82) is 0 Å². The van der Waals surface area contributed by atoms with Gasteiger partial charge >= 0.3 is 62.1 Å². The lowest BCUT2D eigenvalue weighted by Gasteiger charge is -2.23. The molecule has 254 valence electrons. The van der Waals surface area contributed by atoms with E-state index in [0.717, 1.165) is 0 Å². The van der Waals surface area contributed by atoms with E-state index >= 15 is 0 Å². The first-order valence-electron chi connectivity index (χ1n) is 11.3. The van der Waals surface area contributed by atoms with Crippen LogP contribution in [0.1, 0.15) is 64.2 Å². The predicted octanol–water partition coefficient (Wildman–Crippen LogP) is 4.89. The van der Waals surface area contributed by atoms with E-state index in [9.17, 15) is 86.4 Å². The summed E-state index contributed by atoms with van der Waals surface area (Å²) in [7, 11) is -27.5. The zero-order chi connectivity index (χ0) is 33.6. The van der Waals surface area contributed by atoms with Crippen LogP contribution in [0.15, 0.2) is 0 Å². The number of sulfonamides is 4. The molecule has 0 aromatic rings. The minimum Gasteiger partial charge on any atom is -0.202 e. The molecule has 0 rings (SSSR count). The second-order valence-corrected chi connectivity index (χ2v) is 16.2. The topological polar surface area (TPSA) is 143 Å². The average molecular weight is 729 g/mol. The van der Waals surface area contributed by atoms with Crippen molar-refractivity contribution in [1.82, 2.24) is 7.42 Å². The first-order valence-corrected chi connectivity index (χ1v) is 17.0. The Hall–Kier alpha value is -1.12. The van der Waals surface area contributed by atoms with Crippen molar-refractivity contribution in [2.45, 2.75) is 86.2 Å². The Kier molecular flexibility index (Phi) is 13.9. The van der Waals surface area contributed by atoms with Gasteiger partial charge in [0.25, 0.3) is 0 Å². The van der Waals surface area contributed by atoms with Crippen molar-refractivity contribution in [2.24, 2.45) is 0 Å². The van der Waals surface area contributed by atoms with Crippen LogP contribution in [0.2, 0.25) is 0 Å².